The van der Waals surface area contributed by atoms with Crippen molar-refractivity contribution in [2.24, 2.45) is 0 Å². The van der Waals surface area contributed by atoms with Crippen LogP contribution in [0.1, 0.15) is 34.1 Å². The molecule has 0 saturated heterocycles. The molecule has 0 bridgehead atoms. The average Bonchev–Trinajstić information content (AvgIpc) is 2.59. The highest BCUT2D eigenvalue weighted by atomic mass is 14.0. The molecule has 0 aromatic heterocycles. The van der Waals surface area contributed by atoms with E-state index in [9.17, 15) is 0 Å². The Morgan fingerprint density at radius 3 is 2.00 bits per heavy atom. The Hall–Kier alpha value is -2.08. The second-order valence-electron chi connectivity index (χ2n) is 3.58. The lowest BCUT2D eigenvalue weighted by Crippen LogP contribution is -1.79. The monoisotopic (exact) mass is 282 g/mol. The molecule has 0 aromatic rings. The molecule has 1 rings (SSSR count). The van der Waals surface area contributed by atoms with Gasteiger partial charge in [0.25, 0.3) is 0 Å². The first kappa shape index (κ1) is 21.2. The van der Waals surface area contributed by atoms with Gasteiger partial charge in [-0.15, -0.1) is 0 Å². The number of allylic oxidation sites excluding steroid dienone is 14. The highest BCUT2D eigenvalue weighted by molar-refractivity contribution is 5.47. The highest BCUT2D eigenvalue weighted by Crippen LogP contribution is 2.12. The third-order valence-electron chi connectivity index (χ3n) is 2.23. The Morgan fingerprint density at radius 2 is 1.43 bits per heavy atom. The van der Waals surface area contributed by atoms with Gasteiger partial charge in [0, 0.05) is 0 Å². The van der Waals surface area contributed by atoms with E-state index in [0.717, 1.165) is 17.6 Å². The fourth-order valence-electron chi connectivity index (χ4n) is 1.33. The molecule has 0 unspecified atom stereocenters. The van der Waals surface area contributed by atoms with Crippen LogP contribution in [0.15, 0.2) is 97.2 Å². The molecular weight excluding hydrogens is 252 g/mol. The van der Waals surface area contributed by atoms with Gasteiger partial charge in [-0.05, 0) is 17.6 Å². The van der Waals surface area contributed by atoms with E-state index in [0.29, 0.717) is 0 Å². The summed E-state index contributed by atoms with van der Waals surface area (Å²) in [5, 5.41) is 0. The molecule has 0 saturated carbocycles. The zero-order valence-electron chi connectivity index (χ0n) is 14.0. The maximum absolute atomic E-state index is 4.05. The summed E-state index contributed by atoms with van der Waals surface area (Å²) < 4.78 is 0. The summed E-state index contributed by atoms with van der Waals surface area (Å²) in [5.74, 6) is 0. The quantitative estimate of drug-likeness (QED) is 0.484. The van der Waals surface area contributed by atoms with Crippen molar-refractivity contribution < 1.29 is 0 Å². The standard InChI is InChI=1S/C17H18.2C2H6/c1-3-4-10-14-17-15-12-9-7-5-6-8-11-13-16(17)2;2*1-2/h3-4,6-15H,1-2,5H2;2*1-2H3/b8-6-,9-7-,10-4-,13-11-,15-12-,17-14+;;. The molecule has 0 radical (unpaired) electrons. The maximum Gasteiger partial charge on any atom is -0.0163 e. The lowest BCUT2D eigenvalue weighted by molar-refractivity contribution is 1.39. The summed E-state index contributed by atoms with van der Waals surface area (Å²) in [4.78, 5) is 0. The molecule has 0 heterocycles. The lowest BCUT2D eigenvalue weighted by atomic mass is 10.1. The van der Waals surface area contributed by atoms with Crippen LogP contribution in [0.4, 0.5) is 0 Å². The largest absolute Gasteiger partial charge is 0.0991 e. The Balaban J connectivity index is 0. The van der Waals surface area contributed by atoms with E-state index in [4.69, 9.17) is 0 Å². The molecule has 0 N–H and O–H groups in total. The summed E-state index contributed by atoms with van der Waals surface area (Å²) in [6.07, 6.45) is 25.0. The molecule has 0 atom stereocenters. The number of hydrogen-bond acceptors (Lipinski definition) is 0. The third-order valence-corrected chi connectivity index (χ3v) is 2.23. The van der Waals surface area contributed by atoms with Crippen LogP contribution in [0.5, 0.6) is 0 Å². The second kappa shape index (κ2) is 17.9. The molecule has 0 amide bonds. The molecule has 1 aliphatic carbocycles. The SMILES string of the molecule is C=C\C=C/C=C1\C=C/C=C\C/C=C\C=C/C1=C.CC.CC. The van der Waals surface area contributed by atoms with Gasteiger partial charge in [-0.1, -0.05) is 114 Å². The van der Waals surface area contributed by atoms with Crippen molar-refractivity contribution >= 4 is 0 Å². The molecule has 0 spiro atoms. The van der Waals surface area contributed by atoms with Gasteiger partial charge in [0.15, 0.2) is 0 Å². The minimum absolute atomic E-state index is 0.955. The predicted molar refractivity (Wildman–Crippen MR) is 100 cm³/mol. The predicted octanol–water partition coefficient (Wildman–Crippen LogP) is 6.89. The smallest absolute Gasteiger partial charge is 0.0163 e. The Labute approximate surface area is 132 Å². The fourth-order valence-corrected chi connectivity index (χ4v) is 1.33. The topological polar surface area (TPSA) is 0 Å². The zero-order valence-corrected chi connectivity index (χ0v) is 14.0. The van der Waals surface area contributed by atoms with Crippen molar-refractivity contribution in [1.82, 2.24) is 0 Å². The Morgan fingerprint density at radius 1 is 0.857 bits per heavy atom. The van der Waals surface area contributed by atoms with Crippen LogP contribution in [0.25, 0.3) is 0 Å². The van der Waals surface area contributed by atoms with Gasteiger partial charge >= 0.3 is 0 Å². The average molecular weight is 282 g/mol. The molecule has 0 fully saturated rings. The first-order valence-corrected chi connectivity index (χ1v) is 7.69. The van der Waals surface area contributed by atoms with Gasteiger partial charge in [-0.3, -0.25) is 0 Å². The summed E-state index contributed by atoms with van der Waals surface area (Å²) in [5.41, 5.74) is 2.09. The lowest BCUT2D eigenvalue weighted by Gasteiger charge is -1.99. The highest BCUT2D eigenvalue weighted by Gasteiger charge is 1.93. The summed E-state index contributed by atoms with van der Waals surface area (Å²) in [6, 6.07) is 0. The summed E-state index contributed by atoms with van der Waals surface area (Å²) >= 11 is 0. The van der Waals surface area contributed by atoms with Crippen LogP contribution in [0.2, 0.25) is 0 Å². The third kappa shape index (κ3) is 12.7. The Kier molecular flexibility index (Phi) is 18.1. The minimum Gasteiger partial charge on any atom is -0.0991 e. The van der Waals surface area contributed by atoms with Crippen molar-refractivity contribution in [3.05, 3.63) is 97.2 Å². The normalized spacial score (nSPS) is 21.9. The maximum atomic E-state index is 4.05. The zero-order chi connectivity index (χ0) is 16.3. The van der Waals surface area contributed by atoms with Crippen molar-refractivity contribution in [3.8, 4) is 0 Å². The van der Waals surface area contributed by atoms with Crippen molar-refractivity contribution in [3.63, 3.8) is 0 Å². The van der Waals surface area contributed by atoms with Crippen molar-refractivity contribution in [1.29, 1.82) is 0 Å². The van der Waals surface area contributed by atoms with E-state index in [2.05, 4.69) is 31.4 Å². The first-order chi connectivity index (χ1) is 10.3. The van der Waals surface area contributed by atoms with Crippen molar-refractivity contribution in [2.45, 2.75) is 34.1 Å². The number of hydrogen-bond donors (Lipinski definition) is 0. The molecule has 0 aliphatic heterocycles. The summed E-state index contributed by atoms with van der Waals surface area (Å²) in [6.45, 7) is 15.7. The van der Waals surface area contributed by atoms with Crippen LogP contribution in [0.3, 0.4) is 0 Å². The fraction of sp³-hybridized carbons (Fsp3) is 0.238. The van der Waals surface area contributed by atoms with Gasteiger partial charge in [0.05, 0.1) is 0 Å². The summed E-state index contributed by atoms with van der Waals surface area (Å²) in [7, 11) is 0. The molecule has 0 aromatic carbocycles. The van der Waals surface area contributed by atoms with Crippen LogP contribution in [-0.4, -0.2) is 0 Å². The van der Waals surface area contributed by atoms with Gasteiger partial charge in [0.1, 0.15) is 0 Å². The van der Waals surface area contributed by atoms with Gasteiger partial charge in [-0.25, -0.2) is 0 Å². The molecule has 114 valence electrons. The van der Waals surface area contributed by atoms with Crippen LogP contribution in [0, 0.1) is 0 Å². The molecular formula is C21H30. The Bertz CT molecular complexity index is 435. The molecule has 0 heteroatoms. The van der Waals surface area contributed by atoms with E-state index in [1.54, 1.807) is 6.08 Å². The van der Waals surface area contributed by atoms with Crippen LogP contribution < -0.4 is 0 Å². The first-order valence-electron chi connectivity index (χ1n) is 7.69. The van der Waals surface area contributed by atoms with E-state index in [1.807, 2.05) is 76.3 Å². The van der Waals surface area contributed by atoms with Gasteiger partial charge in [0.2, 0.25) is 0 Å². The molecule has 1 aliphatic rings. The van der Waals surface area contributed by atoms with E-state index >= 15 is 0 Å². The van der Waals surface area contributed by atoms with Crippen LogP contribution >= 0.6 is 0 Å². The number of rotatable bonds is 2. The van der Waals surface area contributed by atoms with E-state index in [-0.39, 0.29) is 0 Å². The van der Waals surface area contributed by atoms with E-state index < -0.39 is 0 Å². The van der Waals surface area contributed by atoms with E-state index in [1.165, 1.54) is 0 Å². The van der Waals surface area contributed by atoms with Crippen LogP contribution in [-0.2, 0) is 0 Å². The van der Waals surface area contributed by atoms with Gasteiger partial charge < -0.3 is 0 Å². The molecule has 0 nitrogen and oxygen atoms in total. The second-order valence-corrected chi connectivity index (χ2v) is 3.58. The minimum atomic E-state index is 0.955. The van der Waals surface area contributed by atoms with Gasteiger partial charge in [-0.2, -0.15) is 0 Å². The van der Waals surface area contributed by atoms with Crippen molar-refractivity contribution in [2.75, 3.05) is 0 Å². The molecule has 21 heavy (non-hydrogen) atoms.